The van der Waals surface area contributed by atoms with Gasteiger partial charge in [-0.3, -0.25) is 9.69 Å². The Labute approximate surface area is 164 Å². The van der Waals surface area contributed by atoms with E-state index in [0.29, 0.717) is 32.2 Å². The highest BCUT2D eigenvalue weighted by molar-refractivity contribution is 5.90. The minimum absolute atomic E-state index is 0.128. The number of amides is 2. The van der Waals surface area contributed by atoms with Crippen LogP contribution in [0.3, 0.4) is 0 Å². The van der Waals surface area contributed by atoms with Crippen molar-refractivity contribution in [3.63, 3.8) is 0 Å². The maximum atomic E-state index is 12.7. The molecule has 150 valence electrons. The summed E-state index contributed by atoms with van der Waals surface area (Å²) in [6, 6.07) is 9.76. The number of methoxy groups -OCH3 is 1. The number of nitrogens with one attached hydrogen (secondary N) is 1. The molecule has 0 spiro atoms. The monoisotopic (exact) mass is 387 g/mol. The third-order valence-corrected chi connectivity index (χ3v) is 4.58. The van der Waals surface area contributed by atoms with Crippen molar-refractivity contribution >= 4 is 18.0 Å². The molecule has 1 N–H and O–H groups in total. The van der Waals surface area contributed by atoms with Gasteiger partial charge in [-0.05, 0) is 31.2 Å². The molecule has 1 aliphatic rings. The van der Waals surface area contributed by atoms with Crippen LogP contribution in [0.5, 0.6) is 0 Å². The summed E-state index contributed by atoms with van der Waals surface area (Å²) in [6.45, 7) is 0.548. The number of hydrogen-bond acceptors (Lipinski definition) is 6. The number of benzene rings is 1. The molecule has 28 heavy (non-hydrogen) atoms. The van der Waals surface area contributed by atoms with E-state index in [1.165, 1.54) is 12.0 Å². The molecule has 0 aromatic heterocycles. The fraction of sp³-hybridized carbons (Fsp3) is 0.500. The Morgan fingerprint density at radius 3 is 2.75 bits per heavy atom. The van der Waals surface area contributed by atoms with Crippen LogP contribution in [0.25, 0.3) is 0 Å². The van der Waals surface area contributed by atoms with Gasteiger partial charge in [-0.15, -0.1) is 0 Å². The predicted octanol–water partition coefficient (Wildman–Crippen LogP) is 2.14. The van der Waals surface area contributed by atoms with Gasteiger partial charge in [0, 0.05) is 13.0 Å². The predicted molar refractivity (Wildman–Crippen MR) is 99.8 cm³/mol. The first-order chi connectivity index (χ1) is 13.6. The summed E-state index contributed by atoms with van der Waals surface area (Å²) in [6.07, 6.45) is 1.67. The topological polar surface area (TPSA) is 109 Å². The average Bonchev–Trinajstić information content (AvgIpc) is 3.21. The van der Waals surface area contributed by atoms with Gasteiger partial charge in [0.1, 0.15) is 18.7 Å². The highest BCUT2D eigenvalue weighted by atomic mass is 16.6. The number of hydrogen-bond donors (Lipinski definition) is 1. The summed E-state index contributed by atoms with van der Waals surface area (Å²) in [5, 5.41) is 11.3. The van der Waals surface area contributed by atoms with Crippen LogP contribution in [-0.2, 0) is 25.7 Å². The van der Waals surface area contributed by atoms with Crippen molar-refractivity contribution in [1.29, 1.82) is 5.26 Å². The van der Waals surface area contributed by atoms with Crippen molar-refractivity contribution in [2.24, 2.45) is 0 Å². The van der Waals surface area contributed by atoms with E-state index in [0.717, 1.165) is 5.56 Å². The second-order valence-corrected chi connectivity index (χ2v) is 6.53. The Morgan fingerprint density at radius 1 is 1.32 bits per heavy atom. The lowest BCUT2D eigenvalue weighted by atomic mass is 10.1. The van der Waals surface area contributed by atoms with Gasteiger partial charge < -0.3 is 14.8 Å². The molecular weight excluding hydrogens is 362 g/mol. The highest BCUT2D eigenvalue weighted by Gasteiger charge is 2.36. The Bertz CT molecular complexity index is 716. The Balaban J connectivity index is 1.93. The zero-order valence-corrected chi connectivity index (χ0v) is 15.9. The minimum atomic E-state index is -0.839. The summed E-state index contributed by atoms with van der Waals surface area (Å²) in [5.41, 5.74) is 0.860. The van der Waals surface area contributed by atoms with Crippen LogP contribution in [0.4, 0.5) is 4.79 Å². The number of esters is 1. The highest BCUT2D eigenvalue weighted by Crippen LogP contribution is 2.19. The van der Waals surface area contributed by atoms with Gasteiger partial charge in [0.25, 0.3) is 0 Å². The van der Waals surface area contributed by atoms with E-state index in [1.807, 2.05) is 36.4 Å². The summed E-state index contributed by atoms with van der Waals surface area (Å²) >= 11 is 0. The zero-order chi connectivity index (χ0) is 20.4. The first-order valence-corrected chi connectivity index (χ1v) is 9.29. The molecule has 8 heteroatoms. The largest absolute Gasteiger partial charge is 0.467 e. The molecule has 8 nitrogen and oxygen atoms in total. The SMILES string of the molecule is COC(=O)[C@@H](CCCC#N)NC(=O)[C@H]1CCCN1C(=O)OCc1ccccc1. The summed E-state index contributed by atoms with van der Waals surface area (Å²) in [7, 11) is 1.24. The van der Waals surface area contributed by atoms with Gasteiger partial charge in [-0.1, -0.05) is 30.3 Å². The van der Waals surface area contributed by atoms with Crippen LogP contribution in [-0.4, -0.2) is 48.6 Å². The number of carbonyl (C=O) groups excluding carboxylic acids is 3. The van der Waals surface area contributed by atoms with Crippen LogP contribution in [0.2, 0.25) is 0 Å². The van der Waals surface area contributed by atoms with Crippen LogP contribution in [0.15, 0.2) is 30.3 Å². The van der Waals surface area contributed by atoms with Gasteiger partial charge >= 0.3 is 12.1 Å². The molecular formula is C20H25N3O5. The van der Waals surface area contributed by atoms with Crippen molar-refractivity contribution in [2.45, 2.75) is 50.8 Å². The maximum absolute atomic E-state index is 12.7. The number of nitriles is 1. The van der Waals surface area contributed by atoms with Crippen LogP contribution >= 0.6 is 0 Å². The molecule has 1 saturated heterocycles. The van der Waals surface area contributed by atoms with Crippen LogP contribution in [0, 0.1) is 11.3 Å². The lowest BCUT2D eigenvalue weighted by Gasteiger charge is -2.25. The third-order valence-electron chi connectivity index (χ3n) is 4.58. The summed E-state index contributed by atoms with van der Waals surface area (Å²) in [4.78, 5) is 38.4. The lowest BCUT2D eigenvalue weighted by Crippen LogP contribution is -2.51. The Hall–Kier alpha value is -3.08. The Kier molecular flexibility index (Phi) is 8.28. The fourth-order valence-corrected chi connectivity index (χ4v) is 3.10. The quantitative estimate of drug-likeness (QED) is 0.541. The van der Waals surface area contributed by atoms with E-state index in [2.05, 4.69) is 5.32 Å². The third kappa shape index (κ3) is 5.98. The first kappa shape index (κ1) is 21.2. The van der Waals surface area contributed by atoms with Crippen molar-refractivity contribution < 1.29 is 23.9 Å². The second-order valence-electron chi connectivity index (χ2n) is 6.53. The van der Waals surface area contributed by atoms with Gasteiger partial charge in [0.05, 0.1) is 13.2 Å². The maximum Gasteiger partial charge on any atom is 0.410 e. The molecule has 2 rings (SSSR count). The van der Waals surface area contributed by atoms with Crippen LogP contribution < -0.4 is 5.32 Å². The molecule has 1 aromatic rings. The molecule has 1 fully saturated rings. The molecule has 1 aliphatic heterocycles. The van der Waals surface area contributed by atoms with Gasteiger partial charge in [0.2, 0.25) is 5.91 Å². The van der Waals surface area contributed by atoms with Gasteiger partial charge in [0.15, 0.2) is 0 Å². The number of likely N-dealkylation sites (tertiary alicyclic amines) is 1. The van der Waals surface area contributed by atoms with Crippen molar-refractivity contribution in [2.75, 3.05) is 13.7 Å². The average molecular weight is 387 g/mol. The zero-order valence-electron chi connectivity index (χ0n) is 15.9. The van der Waals surface area contributed by atoms with E-state index in [1.54, 1.807) is 0 Å². The van der Waals surface area contributed by atoms with E-state index >= 15 is 0 Å². The molecule has 0 saturated carbocycles. The molecule has 0 bridgehead atoms. The van der Waals surface area contributed by atoms with Crippen molar-refractivity contribution in [1.82, 2.24) is 10.2 Å². The van der Waals surface area contributed by atoms with Gasteiger partial charge in [-0.25, -0.2) is 9.59 Å². The molecule has 0 unspecified atom stereocenters. The fourth-order valence-electron chi connectivity index (χ4n) is 3.10. The molecule has 0 aliphatic carbocycles. The molecule has 2 atom stereocenters. The molecule has 0 radical (unpaired) electrons. The number of rotatable bonds is 8. The summed E-state index contributed by atoms with van der Waals surface area (Å²) < 4.78 is 10.1. The van der Waals surface area contributed by atoms with Crippen molar-refractivity contribution in [3.05, 3.63) is 35.9 Å². The van der Waals surface area contributed by atoms with E-state index < -0.39 is 30.1 Å². The summed E-state index contributed by atoms with van der Waals surface area (Å²) in [5.74, 6) is -0.982. The molecule has 2 amide bonds. The molecule has 1 heterocycles. The normalized spacial score (nSPS) is 16.7. The number of ether oxygens (including phenoxy) is 2. The van der Waals surface area contributed by atoms with E-state index in [4.69, 9.17) is 14.7 Å². The van der Waals surface area contributed by atoms with Crippen LogP contribution in [0.1, 0.15) is 37.7 Å². The van der Waals surface area contributed by atoms with Gasteiger partial charge in [-0.2, -0.15) is 5.26 Å². The standard InChI is InChI=1S/C20H25N3O5/c1-27-19(25)16(10-5-6-12-21)22-18(24)17-11-7-13-23(17)20(26)28-14-15-8-3-2-4-9-15/h2-4,8-9,16-17H,5-7,10-11,13-14H2,1H3,(H,22,24)/t16-,17-/m1/s1. The van der Waals surface area contributed by atoms with Crippen molar-refractivity contribution in [3.8, 4) is 6.07 Å². The molecule has 1 aromatic carbocycles. The van der Waals surface area contributed by atoms with E-state index in [-0.39, 0.29) is 13.0 Å². The first-order valence-electron chi connectivity index (χ1n) is 9.29. The number of nitrogens with zero attached hydrogens (tertiary/aromatic N) is 2. The number of carbonyl (C=O) groups is 3. The lowest BCUT2D eigenvalue weighted by molar-refractivity contribution is -0.145. The number of unbranched alkanes of at least 4 members (excludes halogenated alkanes) is 1. The van der Waals surface area contributed by atoms with E-state index in [9.17, 15) is 14.4 Å². The minimum Gasteiger partial charge on any atom is -0.467 e. The Morgan fingerprint density at radius 2 is 2.07 bits per heavy atom. The smallest absolute Gasteiger partial charge is 0.410 e. The second kappa shape index (κ2) is 10.9.